The maximum Gasteiger partial charge on any atom is 0.222 e. The van der Waals surface area contributed by atoms with Crippen LogP contribution in [0.4, 0.5) is 11.8 Å². The van der Waals surface area contributed by atoms with Crippen molar-refractivity contribution in [2.24, 2.45) is 0 Å². The predicted octanol–water partition coefficient (Wildman–Crippen LogP) is 0.498. The van der Waals surface area contributed by atoms with Crippen molar-refractivity contribution >= 4 is 22.8 Å². The average molecular weight is 175 g/mol. The fourth-order valence-corrected chi connectivity index (χ4v) is 1.15. The van der Waals surface area contributed by atoms with Crippen LogP contribution in [-0.2, 0) is 0 Å². The number of nitrogens with zero attached hydrogens (tertiary/aromatic N) is 3. The Morgan fingerprint density at radius 1 is 1.08 bits per heavy atom. The van der Waals surface area contributed by atoms with Gasteiger partial charge in [0.1, 0.15) is 5.52 Å². The molecule has 0 spiro atoms. The van der Waals surface area contributed by atoms with Gasteiger partial charge in [-0.25, -0.2) is 9.97 Å². The minimum atomic E-state index is 0.177. The Kier molecular flexibility index (Phi) is 1.51. The summed E-state index contributed by atoms with van der Waals surface area (Å²) in [6, 6.07) is 3.68. The molecule has 13 heavy (non-hydrogen) atoms. The van der Waals surface area contributed by atoms with E-state index in [1.807, 2.05) is 19.1 Å². The van der Waals surface area contributed by atoms with E-state index in [4.69, 9.17) is 11.5 Å². The van der Waals surface area contributed by atoms with Crippen molar-refractivity contribution in [3.63, 3.8) is 0 Å². The molecule has 0 fully saturated rings. The summed E-state index contributed by atoms with van der Waals surface area (Å²) in [5.41, 5.74) is 13.2. The first-order valence-electron chi connectivity index (χ1n) is 3.83. The smallest absolute Gasteiger partial charge is 0.222 e. The van der Waals surface area contributed by atoms with Gasteiger partial charge in [-0.1, -0.05) is 0 Å². The molecule has 0 aliphatic carbocycles. The standard InChI is InChI=1S/C8H9N5/c1-4-2-3-5-6(11-4)7(9)13-8(10)12-5/h2-3H,1H3,(H4,9,10,12,13). The highest BCUT2D eigenvalue weighted by Gasteiger charge is 2.03. The van der Waals surface area contributed by atoms with Crippen molar-refractivity contribution in [3.8, 4) is 0 Å². The van der Waals surface area contributed by atoms with Crippen LogP contribution >= 0.6 is 0 Å². The molecule has 2 rings (SSSR count). The Labute approximate surface area is 74.8 Å². The molecular weight excluding hydrogens is 166 g/mol. The number of nitrogens with two attached hydrogens (primary N) is 2. The Morgan fingerprint density at radius 3 is 2.62 bits per heavy atom. The Balaban J connectivity index is 2.87. The zero-order chi connectivity index (χ0) is 9.42. The van der Waals surface area contributed by atoms with Crippen molar-refractivity contribution in [2.45, 2.75) is 6.92 Å². The number of hydrogen-bond donors (Lipinski definition) is 2. The number of aryl methyl sites for hydroxylation is 1. The van der Waals surface area contributed by atoms with Crippen LogP contribution < -0.4 is 11.5 Å². The van der Waals surface area contributed by atoms with Crippen LogP contribution in [0.3, 0.4) is 0 Å². The minimum Gasteiger partial charge on any atom is -0.382 e. The van der Waals surface area contributed by atoms with Gasteiger partial charge < -0.3 is 11.5 Å². The van der Waals surface area contributed by atoms with E-state index in [1.165, 1.54) is 0 Å². The van der Waals surface area contributed by atoms with Crippen molar-refractivity contribution in [1.29, 1.82) is 0 Å². The maximum atomic E-state index is 5.63. The predicted molar refractivity (Wildman–Crippen MR) is 50.9 cm³/mol. The second-order valence-corrected chi connectivity index (χ2v) is 2.79. The highest BCUT2D eigenvalue weighted by molar-refractivity contribution is 5.84. The molecule has 0 amide bonds. The van der Waals surface area contributed by atoms with Crippen molar-refractivity contribution in [3.05, 3.63) is 17.8 Å². The number of hydrogen-bond acceptors (Lipinski definition) is 5. The van der Waals surface area contributed by atoms with Crippen LogP contribution in [-0.4, -0.2) is 15.0 Å². The normalized spacial score (nSPS) is 10.5. The summed E-state index contributed by atoms with van der Waals surface area (Å²) in [5, 5.41) is 0. The average Bonchev–Trinajstić information content (AvgIpc) is 2.06. The van der Waals surface area contributed by atoms with E-state index < -0.39 is 0 Å². The van der Waals surface area contributed by atoms with Crippen molar-refractivity contribution in [1.82, 2.24) is 15.0 Å². The minimum absolute atomic E-state index is 0.177. The summed E-state index contributed by atoms with van der Waals surface area (Å²) in [6.45, 7) is 1.88. The molecule has 0 saturated carbocycles. The van der Waals surface area contributed by atoms with E-state index in [0.29, 0.717) is 16.9 Å². The molecular formula is C8H9N5. The van der Waals surface area contributed by atoms with E-state index in [9.17, 15) is 0 Å². The lowest BCUT2D eigenvalue weighted by molar-refractivity contribution is 1.19. The van der Waals surface area contributed by atoms with Crippen molar-refractivity contribution < 1.29 is 0 Å². The molecule has 0 aliphatic heterocycles. The van der Waals surface area contributed by atoms with Crippen LogP contribution in [0.1, 0.15) is 5.69 Å². The van der Waals surface area contributed by atoms with Crippen LogP contribution in [0.25, 0.3) is 11.0 Å². The molecule has 4 N–H and O–H groups in total. The molecule has 2 aromatic rings. The van der Waals surface area contributed by atoms with Crippen LogP contribution in [0, 0.1) is 6.92 Å². The quantitative estimate of drug-likeness (QED) is 0.608. The van der Waals surface area contributed by atoms with E-state index >= 15 is 0 Å². The van der Waals surface area contributed by atoms with Crippen LogP contribution in [0.5, 0.6) is 0 Å². The lowest BCUT2D eigenvalue weighted by atomic mass is 10.3. The van der Waals surface area contributed by atoms with Gasteiger partial charge in [0.25, 0.3) is 0 Å². The molecule has 0 saturated heterocycles. The monoisotopic (exact) mass is 175 g/mol. The third-order valence-corrected chi connectivity index (χ3v) is 1.73. The largest absolute Gasteiger partial charge is 0.382 e. The molecule has 0 atom stereocenters. The summed E-state index contributed by atoms with van der Waals surface area (Å²) in [4.78, 5) is 12.0. The molecule has 0 unspecified atom stereocenters. The van der Waals surface area contributed by atoms with Gasteiger partial charge in [-0.3, -0.25) is 0 Å². The van der Waals surface area contributed by atoms with Gasteiger partial charge in [0.15, 0.2) is 5.82 Å². The molecule has 5 nitrogen and oxygen atoms in total. The van der Waals surface area contributed by atoms with Gasteiger partial charge in [-0.15, -0.1) is 0 Å². The Bertz CT molecular complexity index is 465. The zero-order valence-corrected chi connectivity index (χ0v) is 7.15. The molecule has 0 aliphatic rings. The van der Waals surface area contributed by atoms with Crippen molar-refractivity contribution in [2.75, 3.05) is 11.5 Å². The highest BCUT2D eigenvalue weighted by Crippen LogP contribution is 2.15. The fraction of sp³-hybridized carbons (Fsp3) is 0.125. The second kappa shape index (κ2) is 2.55. The number of aromatic nitrogens is 3. The molecule has 5 heteroatoms. The van der Waals surface area contributed by atoms with Gasteiger partial charge in [0.2, 0.25) is 5.95 Å². The third-order valence-electron chi connectivity index (χ3n) is 1.73. The van der Waals surface area contributed by atoms with Gasteiger partial charge in [-0.05, 0) is 19.1 Å². The van der Waals surface area contributed by atoms with Crippen LogP contribution in [0.2, 0.25) is 0 Å². The Hall–Kier alpha value is -1.91. The topological polar surface area (TPSA) is 90.7 Å². The lowest BCUT2D eigenvalue weighted by Gasteiger charge is -2.01. The van der Waals surface area contributed by atoms with E-state index in [1.54, 1.807) is 0 Å². The third kappa shape index (κ3) is 1.24. The summed E-state index contributed by atoms with van der Waals surface area (Å²) in [6.07, 6.45) is 0. The SMILES string of the molecule is Cc1ccc2nc(N)nc(N)c2n1. The summed E-state index contributed by atoms with van der Waals surface area (Å²) in [5.74, 6) is 0.502. The van der Waals surface area contributed by atoms with Gasteiger partial charge in [0.05, 0.1) is 5.52 Å². The van der Waals surface area contributed by atoms with Crippen LogP contribution in [0.15, 0.2) is 12.1 Å². The first kappa shape index (κ1) is 7.72. The number of fused-ring (bicyclic) bond motifs is 1. The number of anilines is 2. The second-order valence-electron chi connectivity index (χ2n) is 2.79. The summed E-state index contributed by atoms with van der Waals surface area (Å²) in [7, 11) is 0. The van der Waals surface area contributed by atoms with Gasteiger partial charge in [-0.2, -0.15) is 4.98 Å². The molecule has 2 aromatic heterocycles. The fourth-order valence-electron chi connectivity index (χ4n) is 1.15. The molecule has 0 aromatic carbocycles. The summed E-state index contributed by atoms with van der Waals surface area (Å²) >= 11 is 0. The first-order valence-corrected chi connectivity index (χ1v) is 3.83. The molecule has 0 bridgehead atoms. The zero-order valence-electron chi connectivity index (χ0n) is 7.15. The molecule has 66 valence electrons. The highest BCUT2D eigenvalue weighted by atomic mass is 15.0. The van der Waals surface area contributed by atoms with Gasteiger partial charge in [0, 0.05) is 5.69 Å². The number of nitrogen functional groups attached to an aromatic ring is 2. The van der Waals surface area contributed by atoms with E-state index in [2.05, 4.69) is 15.0 Å². The van der Waals surface area contributed by atoms with Gasteiger partial charge >= 0.3 is 0 Å². The lowest BCUT2D eigenvalue weighted by Crippen LogP contribution is -2.01. The molecule has 0 radical (unpaired) electrons. The number of rotatable bonds is 0. The Morgan fingerprint density at radius 2 is 1.85 bits per heavy atom. The molecule has 2 heterocycles. The number of pyridine rings is 1. The summed E-state index contributed by atoms with van der Waals surface area (Å²) < 4.78 is 0. The van der Waals surface area contributed by atoms with E-state index in [-0.39, 0.29) is 5.95 Å². The van der Waals surface area contributed by atoms with E-state index in [0.717, 1.165) is 5.69 Å². The first-order chi connectivity index (χ1) is 6.16. The maximum absolute atomic E-state index is 5.63.